The lowest BCUT2D eigenvalue weighted by Crippen LogP contribution is -2.39. The van der Waals surface area contributed by atoms with Crippen molar-refractivity contribution in [2.24, 2.45) is 0 Å². The lowest BCUT2D eigenvalue weighted by Gasteiger charge is -2.30. The van der Waals surface area contributed by atoms with Gasteiger partial charge in [-0.2, -0.15) is 4.98 Å². The molecule has 1 aromatic heterocycles. The van der Waals surface area contributed by atoms with Gasteiger partial charge in [-0.25, -0.2) is 9.18 Å². The standard InChI is InChI=1S/C21H26FN3O2/c1-14-18(15(2)25-20(27)24-14)8-9-19(26)23-13-21(10-3-4-11-21)16-6-5-7-17(22)12-16/h5-7,12H,3-4,8-11,13H2,1-2H3,(H,23,26)(H,24,25,27). The van der Waals surface area contributed by atoms with Crippen LogP contribution in [-0.2, 0) is 16.6 Å². The highest BCUT2D eigenvalue weighted by Crippen LogP contribution is 2.40. The van der Waals surface area contributed by atoms with Crippen molar-refractivity contribution in [1.82, 2.24) is 15.3 Å². The van der Waals surface area contributed by atoms with Gasteiger partial charge in [-0.15, -0.1) is 0 Å². The Bertz CT molecular complexity index is 859. The van der Waals surface area contributed by atoms with Crippen molar-refractivity contribution in [2.45, 2.75) is 57.8 Å². The smallest absolute Gasteiger partial charge is 0.345 e. The molecule has 1 aliphatic rings. The van der Waals surface area contributed by atoms with Gasteiger partial charge in [0.15, 0.2) is 0 Å². The molecule has 0 spiro atoms. The average molecular weight is 371 g/mol. The van der Waals surface area contributed by atoms with Gasteiger partial charge in [0.2, 0.25) is 5.91 Å². The minimum atomic E-state index is -0.364. The molecule has 2 aromatic rings. The largest absolute Gasteiger partial charge is 0.355 e. The van der Waals surface area contributed by atoms with Crippen LogP contribution < -0.4 is 11.0 Å². The zero-order chi connectivity index (χ0) is 19.4. The number of halogens is 1. The molecule has 0 saturated heterocycles. The molecule has 144 valence electrons. The third kappa shape index (κ3) is 4.43. The summed E-state index contributed by atoms with van der Waals surface area (Å²) in [7, 11) is 0. The van der Waals surface area contributed by atoms with Crippen molar-refractivity contribution < 1.29 is 9.18 Å². The van der Waals surface area contributed by atoms with Gasteiger partial charge in [0, 0.05) is 29.8 Å². The summed E-state index contributed by atoms with van der Waals surface area (Å²) in [6, 6.07) is 6.74. The van der Waals surface area contributed by atoms with Crippen LogP contribution in [0, 0.1) is 19.7 Å². The van der Waals surface area contributed by atoms with Crippen LogP contribution in [0.15, 0.2) is 29.1 Å². The second-order valence-corrected chi connectivity index (χ2v) is 7.51. The average Bonchev–Trinajstić information content (AvgIpc) is 3.09. The second kappa shape index (κ2) is 8.03. The summed E-state index contributed by atoms with van der Waals surface area (Å²) in [4.78, 5) is 30.4. The normalized spacial score (nSPS) is 15.7. The Morgan fingerprint density at radius 3 is 2.70 bits per heavy atom. The van der Waals surface area contributed by atoms with Crippen molar-refractivity contribution in [3.05, 3.63) is 63.1 Å². The predicted molar refractivity (Wildman–Crippen MR) is 102 cm³/mol. The molecule has 1 saturated carbocycles. The van der Waals surface area contributed by atoms with E-state index < -0.39 is 0 Å². The number of nitrogens with zero attached hydrogens (tertiary/aromatic N) is 1. The first-order valence-corrected chi connectivity index (χ1v) is 9.49. The molecule has 1 fully saturated rings. The molecule has 1 aromatic carbocycles. The van der Waals surface area contributed by atoms with Crippen LogP contribution >= 0.6 is 0 Å². The number of carbonyl (C=O) groups excluding carboxylic acids is 1. The lowest BCUT2D eigenvalue weighted by molar-refractivity contribution is -0.121. The highest BCUT2D eigenvalue weighted by atomic mass is 19.1. The first kappa shape index (κ1) is 19.3. The number of nitrogens with one attached hydrogen (secondary N) is 2. The first-order valence-electron chi connectivity index (χ1n) is 9.49. The van der Waals surface area contributed by atoms with Gasteiger partial charge in [-0.05, 0) is 56.4 Å². The number of aromatic nitrogens is 2. The van der Waals surface area contributed by atoms with Crippen LogP contribution in [-0.4, -0.2) is 22.4 Å². The number of carbonyl (C=O) groups is 1. The number of amides is 1. The highest BCUT2D eigenvalue weighted by Gasteiger charge is 2.36. The predicted octanol–water partition coefficient (Wildman–Crippen LogP) is 3.09. The summed E-state index contributed by atoms with van der Waals surface area (Å²) >= 11 is 0. The molecule has 1 amide bonds. The fraction of sp³-hybridized carbons (Fsp3) is 0.476. The number of hydrogen-bond acceptors (Lipinski definition) is 3. The van der Waals surface area contributed by atoms with E-state index >= 15 is 0 Å². The minimum absolute atomic E-state index is 0.0392. The van der Waals surface area contributed by atoms with Crippen molar-refractivity contribution >= 4 is 5.91 Å². The van der Waals surface area contributed by atoms with Crippen molar-refractivity contribution in [3.63, 3.8) is 0 Å². The summed E-state index contributed by atoms with van der Waals surface area (Å²) in [5.41, 5.74) is 2.76. The molecule has 0 unspecified atom stereocenters. The second-order valence-electron chi connectivity index (χ2n) is 7.51. The summed E-state index contributed by atoms with van der Waals surface area (Å²) < 4.78 is 13.7. The number of benzene rings is 1. The molecule has 5 nitrogen and oxygen atoms in total. The molecule has 0 atom stereocenters. The maximum Gasteiger partial charge on any atom is 0.345 e. The number of aromatic amines is 1. The summed E-state index contributed by atoms with van der Waals surface area (Å²) in [6.07, 6.45) is 4.95. The van der Waals surface area contributed by atoms with Crippen LogP contribution in [0.2, 0.25) is 0 Å². The number of H-pyrrole nitrogens is 1. The quantitative estimate of drug-likeness (QED) is 0.819. The van der Waals surface area contributed by atoms with E-state index in [0.29, 0.717) is 25.1 Å². The lowest BCUT2D eigenvalue weighted by atomic mass is 9.78. The fourth-order valence-corrected chi connectivity index (χ4v) is 4.16. The number of rotatable bonds is 6. The van der Waals surface area contributed by atoms with Gasteiger partial charge >= 0.3 is 5.69 Å². The zero-order valence-corrected chi connectivity index (χ0v) is 15.9. The molecule has 0 radical (unpaired) electrons. The Morgan fingerprint density at radius 1 is 1.30 bits per heavy atom. The molecule has 0 aliphatic heterocycles. The minimum Gasteiger partial charge on any atom is -0.355 e. The Balaban J connectivity index is 1.63. The fourth-order valence-electron chi connectivity index (χ4n) is 4.16. The van der Waals surface area contributed by atoms with Crippen LogP contribution in [0.1, 0.15) is 54.6 Å². The highest BCUT2D eigenvalue weighted by molar-refractivity contribution is 5.76. The van der Waals surface area contributed by atoms with Crippen molar-refractivity contribution in [1.29, 1.82) is 0 Å². The van der Waals surface area contributed by atoms with Gasteiger partial charge in [-0.1, -0.05) is 25.0 Å². The van der Waals surface area contributed by atoms with E-state index in [-0.39, 0.29) is 22.8 Å². The van der Waals surface area contributed by atoms with E-state index in [1.807, 2.05) is 13.0 Å². The van der Waals surface area contributed by atoms with Crippen LogP contribution in [0.4, 0.5) is 4.39 Å². The van der Waals surface area contributed by atoms with E-state index in [2.05, 4.69) is 15.3 Å². The molecule has 1 heterocycles. The number of aryl methyl sites for hydroxylation is 2. The molecule has 27 heavy (non-hydrogen) atoms. The summed E-state index contributed by atoms with van der Waals surface area (Å²) in [5.74, 6) is -0.274. The van der Waals surface area contributed by atoms with Gasteiger partial charge in [0.1, 0.15) is 5.82 Å². The molecule has 3 rings (SSSR count). The maximum atomic E-state index is 13.7. The third-order valence-corrected chi connectivity index (χ3v) is 5.68. The molecular formula is C21H26FN3O2. The molecule has 2 N–H and O–H groups in total. The first-order chi connectivity index (χ1) is 12.9. The maximum absolute atomic E-state index is 13.7. The van der Waals surface area contributed by atoms with Crippen LogP contribution in [0.5, 0.6) is 0 Å². The van der Waals surface area contributed by atoms with Crippen molar-refractivity contribution in [2.75, 3.05) is 6.54 Å². The Labute approximate surface area is 158 Å². The number of hydrogen-bond donors (Lipinski definition) is 2. The summed E-state index contributed by atoms with van der Waals surface area (Å²) in [5, 5.41) is 3.05. The van der Waals surface area contributed by atoms with Crippen LogP contribution in [0.3, 0.4) is 0 Å². The molecular weight excluding hydrogens is 345 g/mol. The van der Waals surface area contributed by atoms with E-state index in [1.54, 1.807) is 19.1 Å². The zero-order valence-electron chi connectivity index (χ0n) is 15.9. The van der Waals surface area contributed by atoms with Gasteiger partial charge in [0.05, 0.1) is 0 Å². The monoisotopic (exact) mass is 371 g/mol. The Morgan fingerprint density at radius 2 is 2.04 bits per heavy atom. The third-order valence-electron chi connectivity index (χ3n) is 5.68. The van der Waals surface area contributed by atoms with Gasteiger partial charge in [-0.3, -0.25) is 4.79 Å². The molecule has 0 bridgehead atoms. The van der Waals surface area contributed by atoms with E-state index in [4.69, 9.17) is 0 Å². The van der Waals surface area contributed by atoms with Gasteiger partial charge in [0.25, 0.3) is 0 Å². The van der Waals surface area contributed by atoms with E-state index in [9.17, 15) is 14.0 Å². The van der Waals surface area contributed by atoms with Crippen molar-refractivity contribution in [3.8, 4) is 0 Å². The van der Waals surface area contributed by atoms with E-state index in [0.717, 1.165) is 42.5 Å². The SMILES string of the molecule is Cc1nc(=O)[nH]c(C)c1CCC(=O)NCC1(c2cccc(F)c2)CCCC1. The summed E-state index contributed by atoms with van der Waals surface area (Å²) in [6.45, 7) is 4.13. The Kier molecular flexibility index (Phi) is 5.73. The molecule has 6 heteroatoms. The van der Waals surface area contributed by atoms with Crippen LogP contribution in [0.25, 0.3) is 0 Å². The van der Waals surface area contributed by atoms with Gasteiger partial charge < -0.3 is 10.3 Å². The molecule has 1 aliphatic carbocycles. The van der Waals surface area contributed by atoms with E-state index in [1.165, 1.54) is 6.07 Å². The topological polar surface area (TPSA) is 74.8 Å². The Hall–Kier alpha value is -2.50.